The van der Waals surface area contributed by atoms with E-state index in [-0.39, 0.29) is 35.3 Å². The lowest BCUT2D eigenvalue weighted by Gasteiger charge is -2.44. The zero-order valence-corrected chi connectivity index (χ0v) is 17.0. The molecule has 0 bridgehead atoms. The lowest BCUT2D eigenvalue weighted by Crippen LogP contribution is -2.47. The molecule has 3 N–H and O–H groups in total. The van der Waals surface area contributed by atoms with Crippen LogP contribution in [0.1, 0.15) is 51.5 Å². The van der Waals surface area contributed by atoms with Gasteiger partial charge in [0.15, 0.2) is 0 Å². The first kappa shape index (κ1) is 21.1. The maximum absolute atomic E-state index is 14.8. The molecular weight excluding hydrogens is 377 g/mol. The molecule has 2 saturated heterocycles. The highest BCUT2D eigenvalue weighted by atomic mass is 19.1. The molecule has 1 aromatic carbocycles. The van der Waals surface area contributed by atoms with E-state index in [1.54, 1.807) is 6.07 Å². The average Bonchev–Trinajstić information content (AvgIpc) is 2.64. The fourth-order valence-electron chi connectivity index (χ4n) is 4.30. The Morgan fingerprint density at radius 2 is 2.00 bits per heavy atom. The van der Waals surface area contributed by atoms with Crippen LogP contribution in [0.25, 0.3) is 0 Å². The zero-order valence-electron chi connectivity index (χ0n) is 17.0. The Morgan fingerprint density at radius 1 is 1.28 bits per heavy atom. The number of halogens is 1. The Bertz CT molecular complexity index is 821. The summed E-state index contributed by atoms with van der Waals surface area (Å²) in [6.45, 7) is 7.06. The maximum atomic E-state index is 14.8. The van der Waals surface area contributed by atoms with E-state index in [2.05, 4.69) is 31.4 Å². The number of carboxylic acid groups (broad SMARTS) is 1. The number of piperidine rings is 2. The van der Waals surface area contributed by atoms with Gasteiger partial charge in [-0.25, -0.2) is 9.18 Å². The number of rotatable bonds is 3. The number of carbonyl (C=O) groups is 3. The van der Waals surface area contributed by atoms with E-state index in [0.717, 1.165) is 5.56 Å². The predicted molar refractivity (Wildman–Crippen MR) is 106 cm³/mol. The van der Waals surface area contributed by atoms with Crippen LogP contribution in [-0.2, 0) is 9.59 Å². The summed E-state index contributed by atoms with van der Waals surface area (Å²) in [6, 6.07) is 4.30. The monoisotopic (exact) mass is 405 g/mol. The Kier molecular flexibility index (Phi) is 5.82. The van der Waals surface area contributed by atoms with Gasteiger partial charge in [0.25, 0.3) is 0 Å². The molecule has 1 aromatic rings. The van der Waals surface area contributed by atoms with E-state index in [4.69, 9.17) is 0 Å². The molecule has 2 aliphatic rings. The molecule has 29 heavy (non-hydrogen) atoms. The smallest absolute Gasteiger partial charge is 0.407 e. The van der Waals surface area contributed by atoms with Crippen LogP contribution in [0.5, 0.6) is 0 Å². The van der Waals surface area contributed by atoms with Crippen LogP contribution in [-0.4, -0.2) is 47.0 Å². The molecule has 0 saturated carbocycles. The number of carbonyl (C=O) groups excluding carboxylic acids is 2. The molecule has 3 atom stereocenters. The number of imide groups is 1. The van der Waals surface area contributed by atoms with Crippen LogP contribution in [0.3, 0.4) is 0 Å². The highest BCUT2D eigenvalue weighted by molar-refractivity contribution is 6.01. The van der Waals surface area contributed by atoms with Gasteiger partial charge in [-0.15, -0.1) is 0 Å². The lowest BCUT2D eigenvalue weighted by molar-refractivity contribution is -0.133. The number of nitrogens with zero attached hydrogens (tertiary/aromatic N) is 1. The molecule has 0 spiro atoms. The summed E-state index contributed by atoms with van der Waals surface area (Å²) in [5.41, 5.74) is 0.915. The van der Waals surface area contributed by atoms with Crippen molar-refractivity contribution < 1.29 is 23.9 Å². The van der Waals surface area contributed by atoms with Gasteiger partial charge >= 0.3 is 6.09 Å². The van der Waals surface area contributed by atoms with E-state index in [1.165, 1.54) is 11.0 Å². The van der Waals surface area contributed by atoms with Crippen molar-refractivity contribution in [3.63, 3.8) is 0 Å². The second-order valence-electron chi connectivity index (χ2n) is 8.98. The minimum absolute atomic E-state index is 0.0461. The van der Waals surface area contributed by atoms with Gasteiger partial charge in [-0.3, -0.25) is 14.9 Å². The van der Waals surface area contributed by atoms with Crippen molar-refractivity contribution in [2.75, 3.05) is 18.4 Å². The van der Waals surface area contributed by atoms with Crippen LogP contribution in [0, 0.1) is 17.2 Å². The van der Waals surface area contributed by atoms with Gasteiger partial charge in [0.1, 0.15) is 11.9 Å². The summed E-state index contributed by atoms with van der Waals surface area (Å²) in [5.74, 6) is -1.12. The number of nitrogens with one attached hydrogen (secondary N) is 2. The molecule has 8 heteroatoms. The van der Waals surface area contributed by atoms with Crippen LogP contribution in [0.4, 0.5) is 14.9 Å². The number of hydrogen-bond acceptors (Lipinski definition) is 4. The zero-order chi connectivity index (χ0) is 21.3. The fourth-order valence-corrected chi connectivity index (χ4v) is 4.30. The standard InChI is InChI=1S/C21H28FN3O4/c1-21(2,3)14-11-25(20(28)29)9-8-13(14)12-4-5-16(15(22)10-12)23-17-6-7-18(26)24-19(17)27/h4-5,10,13-14,17,23H,6-9,11H2,1-3H3,(H,28,29)(H,24,26,27). The molecule has 2 fully saturated rings. The number of amides is 3. The second kappa shape index (κ2) is 8.00. The number of anilines is 1. The molecule has 2 aliphatic heterocycles. The molecule has 7 nitrogen and oxygen atoms in total. The quantitative estimate of drug-likeness (QED) is 0.671. The van der Waals surface area contributed by atoms with Gasteiger partial charge in [-0.1, -0.05) is 26.8 Å². The van der Waals surface area contributed by atoms with Crippen molar-refractivity contribution in [1.82, 2.24) is 10.2 Å². The third-order valence-corrected chi connectivity index (χ3v) is 5.99. The van der Waals surface area contributed by atoms with Crippen molar-refractivity contribution >= 4 is 23.6 Å². The first-order valence-electron chi connectivity index (χ1n) is 9.94. The summed E-state index contributed by atoms with van der Waals surface area (Å²) in [6.07, 6.45) is 0.255. The van der Waals surface area contributed by atoms with Crippen molar-refractivity contribution in [3.05, 3.63) is 29.6 Å². The van der Waals surface area contributed by atoms with Gasteiger partial charge in [-0.2, -0.15) is 0 Å². The third kappa shape index (κ3) is 4.68. The van der Waals surface area contributed by atoms with Crippen molar-refractivity contribution in [2.24, 2.45) is 11.3 Å². The van der Waals surface area contributed by atoms with Gasteiger partial charge in [0.05, 0.1) is 5.69 Å². The van der Waals surface area contributed by atoms with E-state index >= 15 is 0 Å². The minimum atomic E-state index is -0.923. The molecule has 2 heterocycles. The number of likely N-dealkylation sites (tertiary alicyclic amines) is 1. The minimum Gasteiger partial charge on any atom is -0.465 e. The number of benzene rings is 1. The summed E-state index contributed by atoms with van der Waals surface area (Å²) in [7, 11) is 0. The van der Waals surface area contributed by atoms with Crippen LogP contribution >= 0.6 is 0 Å². The van der Waals surface area contributed by atoms with Crippen LogP contribution in [0.15, 0.2) is 18.2 Å². The Balaban J connectivity index is 1.78. The topological polar surface area (TPSA) is 98.7 Å². The predicted octanol–water partition coefficient (Wildman–Crippen LogP) is 3.17. The second-order valence-corrected chi connectivity index (χ2v) is 8.98. The summed E-state index contributed by atoms with van der Waals surface area (Å²) < 4.78 is 14.8. The van der Waals surface area contributed by atoms with Crippen molar-refractivity contribution in [2.45, 2.75) is 52.0 Å². The Hall–Kier alpha value is -2.64. The van der Waals surface area contributed by atoms with Crippen LogP contribution in [0.2, 0.25) is 0 Å². The van der Waals surface area contributed by atoms with E-state index < -0.39 is 23.9 Å². The summed E-state index contributed by atoms with van der Waals surface area (Å²) >= 11 is 0. The summed E-state index contributed by atoms with van der Waals surface area (Å²) in [4.78, 5) is 36.0. The van der Waals surface area contributed by atoms with Gasteiger partial charge < -0.3 is 15.3 Å². The Labute approximate surface area is 169 Å². The van der Waals surface area contributed by atoms with E-state index in [1.807, 2.05) is 6.07 Å². The lowest BCUT2D eigenvalue weighted by atomic mass is 9.68. The highest BCUT2D eigenvalue weighted by Gasteiger charge is 2.39. The molecule has 0 aliphatic carbocycles. The van der Waals surface area contributed by atoms with E-state index in [0.29, 0.717) is 25.9 Å². The normalized spacial score (nSPS) is 25.5. The van der Waals surface area contributed by atoms with E-state index in [9.17, 15) is 23.9 Å². The summed E-state index contributed by atoms with van der Waals surface area (Å²) in [5, 5.41) is 14.5. The fraction of sp³-hybridized carbons (Fsp3) is 0.571. The van der Waals surface area contributed by atoms with Gasteiger partial charge in [0.2, 0.25) is 11.8 Å². The average molecular weight is 405 g/mol. The molecule has 0 radical (unpaired) electrons. The van der Waals surface area contributed by atoms with Gasteiger partial charge in [-0.05, 0) is 47.8 Å². The molecule has 158 valence electrons. The number of hydrogen-bond donors (Lipinski definition) is 3. The molecular formula is C21H28FN3O4. The highest BCUT2D eigenvalue weighted by Crippen LogP contribution is 2.43. The van der Waals surface area contributed by atoms with Gasteiger partial charge in [0, 0.05) is 19.5 Å². The molecule has 3 amide bonds. The van der Waals surface area contributed by atoms with Crippen LogP contribution < -0.4 is 10.6 Å². The third-order valence-electron chi connectivity index (χ3n) is 5.99. The first-order valence-corrected chi connectivity index (χ1v) is 9.94. The maximum Gasteiger partial charge on any atom is 0.407 e. The van der Waals surface area contributed by atoms with Crippen molar-refractivity contribution in [1.29, 1.82) is 0 Å². The molecule has 0 aromatic heterocycles. The molecule has 3 rings (SSSR count). The Morgan fingerprint density at radius 3 is 2.59 bits per heavy atom. The van der Waals surface area contributed by atoms with Crippen molar-refractivity contribution in [3.8, 4) is 0 Å². The SMILES string of the molecule is CC(C)(C)C1CN(C(=O)O)CCC1c1ccc(NC2CCC(=O)NC2=O)c(F)c1. The first-order chi connectivity index (χ1) is 13.6. The molecule has 3 unspecified atom stereocenters. The largest absolute Gasteiger partial charge is 0.465 e.